The first-order valence-corrected chi connectivity index (χ1v) is 5.58. The SMILES string of the molecule is C/C(=N\OCCC(=O)O)C1CCCCC1. The van der Waals surface area contributed by atoms with Crippen molar-refractivity contribution >= 4 is 11.7 Å². The number of carboxylic acids is 1. The minimum absolute atomic E-state index is 0.0153. The highest BCUT2D eigenvalue weighted by atomic mass is 16.6. The minimum atomic E-state index is -0.847. The van der Waals surface area contributed by atoms with E-state index in [-0.39, 0.29) is 13.0 Å². The van der Waals surface area contributed by atoms with Crippen LogP contribution in [-0.2, 0) is 9.63 Å². The van der Waals surface area contributed by atoms with E-state index in [1.54, 1.807) is 0 Å². The fourth-order valence-electron chi connectivity index (χ4n) is 1.88. The number of hydrogen-bond acceptors (Lipinski definition) is 3. The first-order valence-electron chi connectivity index (χ1n) is 5.58. The van der Waals surface area contributed by atoms with Gasteiger partial charge in [-0.05, 0) is 19.8 Å². The van der Waals surface area contributed by atoms with Crippen LogP contribution in [0.5, 0.6) is 0 Å². The van der Waals surface area contributed by atoms with Crippen LogP contribution in [0.1, 0.15) is 45.4 Å². The molecule has 0 saturated heterocycles. The zero-order chi connectivity index (χ0) is 11.1. The molecule has 0 aromatic carbocycles. The van der Waals surface area contributed by atoms with Crippen molar-refractivity contribution in [3.05, 3.63) is 0 Å². The lowest BCUT2D eigenvalue weighted by Gasteiger charge is -2.20. The van der Waals surface area contributed by atoms with E-state index in [2.05, 4.69) is 5.16 Å². The van der Waals surface area contributed by atoms with E-state index < -0.39 is 5.97 Å². The maximum absolute atomic E-state index is 10.2. The van der Waals surface area contributed by atoms with Gasteiger partial charge in [-0.1, -0.05) is 24.4 Å². The Morgan fingerprint density at radius 1 is 1.40 bits per heavy atom. The number of hydrogen-bond donors (Lipinski definition) is 1. The topological polar surface area (TPSA) is 58.9 Å². The van der Waals surface area contributed by atoms with Crippen molar-refractivity contribution in [2.75, 3.05) is 6.61 Å². The summed E-state index contributed by atoms with van der Waals surface area (Å²) in [5.74, 6) is -0.302. The molecule has 0 aromatic rings. The molecule has 1 aliphatic rings. The molecule has 0 spiro atoms. The molecule has 1 saturated carbocycles. The molecule has 0 radical (unpaired) electrons. The highest BCUT2D eigenvalue weighted by Crippen LogP contribution is 2.24. The summed E-state index contributed by atoms with van der Waals surface area (Å²) in [5.41, 5.74) is 1.01. The summed E-state index contributed by atoms with van der Waals surface area (Å²) in [6.07, 6.45) is 6.26. The number of carboxylic acid groups (broad SMARTS) is 1. The lowest BCUT2D eigenvalue weighted by atomic mass is 9.86. The molecule has 1 N–H and O–H groups in total. The number of nitrogens with zero attached hydrogens (tertiary/aromatic N) is 1. The normalized spacial score (nSPS) is 18.9. The van der Waals surface area contributed by atoms with Crippen LogP contribution in [0.4, 0.5) is 0 Å². The molecule has 4 nitrogen and oxygen atoms in total. The molecule has 1 rings (SSSR count). The second-order valence-electron chi connectivity index (χ2n) is 4.04. The molecular formula is C11H19NO3. The Morgan fingerprint density at radius 3 is 2.67 bits per heavy atom. The van der Waals surface area contributed by atoms with Gasteiger partial charge >= 0.3 is 5.97 Å². The molecule has 86 valence electrons. The molecule has 0 aliphatic heterocycles. The third kappa shape index (κ3) is 4.81. The molecule has 0 aromatic heterocycles. The third-order valence-corrected chi connectivity index (χ3v) is 2.81. The summed E-state index contributed by atoms with van der Waals surface area (Å²) in [6.45, 7) is 2.14. The van der Waals surface area contributed by atoms with Crippen molar-refractivity contribution in [1.29, 1.82) is 0 Å². The molecule has 0 bridgehead atoms. The first-order chi connectivity index (χ1) is 7.20. The van der Waals surface area contributed by atoms with Gasteiger partial charge < -0.3 is 9.94 Å². The average Bonchev–Trinajstić information content (AvgIpc) is 2.25. The van der Waals surface area contributed by atoms with Gasteiger partial charge in [0.15, 0.2) is 0 Å². The Bertz CT molecular complexity index is 232. The summed E-state index contributed by atoms with van der Waals surface area (Å²) in [5, 5.41) is 12.4. The maximum Gasteiger partial charge on any atom is 0.306 e. The molecular weight excluding hydrogens is 194 g/mol. The van der Waals surface area contributed by atoms with Crippen LogP contribution in [0.3, 0.4) is 0 Å². The Kier molecular flexibility index (Phi) is 5.15. The molecule has 1 aliphatic carbocycles. The van der Waals surface area contributed by atoms with Gasteiger partial charge in [0.1, 0.15) is 6.61 Å². The van der Waals surface area contributed by atoms with Gasteiger partial charge in [-0.3, -0.25) is 4.79 Å². The highest BCUT2D eigenvalue weighted by molar-refractivity contribution is 5.83. The standard InChI is InChI=1S/C11H19NO3/c1-9(10-5-3-2-4-6-10)12-15-8-7-11(13)14/h10H,2-8H2,1H3,(H,13,14)/b12-9+. The largest absolute Gasteiger partial charge is 0.481 e. The monoisotopic (exact) mass is 213 g/mol. The van der Waals surface area contributed by atoms with Crippen LogP contribution < -0.4 is 0 Å². The fraction of sp³-hybridized carbons (Fsp3) is 0.818. The number of oxime groups is 1. The Morgan fingerprint density at radius 2 is 2.07 bits per heavy atom. The highest BCUT2D eigenvalue weighted by Gasteiger charge is 2.16. The number of aliphatic carboxylic acids is 1. The average molecular weight is 213 g/mol. The summed E-state index contributed by atoms with van der Waals surface area (Å²) >= 11 is 0. The van der Waals surface area contributed by atoms with Crippen molar-refractivity contribution in [3.63, 3.8) is 0 Å². The van der Waals surface area contributed by atoms with Gasteiger partial charge in [0.2, 0.25) is 0 Å². The Hall–Kier alpha value is -1.06. The van der Waals surface area contributed by atoms with Gasteiger partial charge in [0, 0.05) is 5.92 Å². The molecule has 0 atom stereocenters. The summed E-state index contributed by atoms with van der Waals surface area (Å²) in [6, 6.07) is 0. The van der Waals surface area contributed by atoms with Crippen LogP contribution in [0.15, 0.2) is 5.16 Å². The summed E-state index contributed by atoms with van der Waals surface area (Å²) in [4.78, 5) is 15.2. The predicted molar refractivity (Wildman–Crippen MR) is 57.9 cm³/mol. The minimum Gasteiger partial charge on any atom is -0.481 e. The van der Waals surface area contributed by atoms with E-state index in [4.69, 9.17) is 9.94 Å². The van der Waals surface area contributed by atoms with E-state index in [0.29, 0.717) is 5.92 Å². The Labute approximate surface area is 90.3 Å². The van der Waals surface area contributed by atoms with Gasteiger partial charge in [-0.25, -0.2) is 0 Å². The number of carbonyl (C=O) groups is 1. The number of rotatable bonds is 5. The summed E-state index contributed by atoms with van der Waals surface area (Å²) in [7, 11) is 0. The maximum atomic E-state index is 10.2. The lowest BCUT2D eigenvalue weighted by molar-refractivity contribution is -0.138. The van der Waals surface area contributed by atoms with Crippen LogP contribution in [0, 0.1) is 5.92 Å². The van der Waals surface area contributed by atoms with Gasteiger partial charge in [0.05, 0.1) is 12.1 Å². The molecule has 0 heterocycles. The third-order valence-electron chi connectivity index (χ3n) is 2.81. The quantitative estimate of drug-likeness (QED) is 0.433. The van der Waals surface area contributed by atoms with Crippen molar-refractivity contribution in [3.8, 4) is 0 Å². The van der Waals surface area contributed by atoms with E-state index in [9.17, 15) is 4.79 Å². The van der Waals surface area contributed by atoms with Crippen molar-refractivity contribution in [2.45, 2.75) is 45.4 Å². The predicted octanol–water partition coefficient (Wildman–Crippen LogP) is 2.43. The zero-order valence-corrected chi connectivity index (χ0v) is 9.24. The summed E-state index contributed by atoms with van der Waals surface area (Å²) < 4.78 is 0. The van der Waals surface area contributed by atoms with Crippen molar-refractivity contribution in [1.82, 2.24) is 0 Å². The smallest absolute Gasteiger partial charge is 0.306 e. The molecule has 0 amide bonds. The first kappa shape index (κ1) is 12.0. The lowest BCUT2D eigenvalue weighted by Crippen LogP contribution is -2.15. The molecule has 15 heavy (non-hydrogen) atoms. The second-order valence-corrected chi connectivity index (χ2v) is 4.04. The van der Waals surface area contributed by atoms with E-state index in [1.165, 1.54) is 32.1 Å². The van der Waals surface area contributed by atoms with Crippen LogP contribution >= 0.6 is 0 Å². The second kappa shape index (κ2) is 6.43. The molecule has 4 heteroatoms. The molecule has 1 fully saturated rings. The van der Waals surface area contributed by atoms with E-state index in [0.717, 1.165) is 5.71 Å². The van der Waals surface area contributed by atoms with Gasteiger partial charge in [-0.15, -0.1) is 0 Å². The van der Waals surface area contributed by atoms with Gasteiger partial charge in [-0.2, -0.15) is 0 Å². The Balaban J connectivity index is 2.22. The molecule has 0 unspecified atom stereocenters. The van der Waals surface area contributed by atoms with Crippen LogP contribution in [0.25, 0.3) is 0 Å². The zero-order valence-electron chi connectivity index (χ0n) is 9.24. The van der Waals surface area contributed by atoms with Gasteiger partial charge in [0.25, 0.3) is 0 Å². The van der Waals surface area contributed by atoms with Crippen molar-refractivity contribution in [2.24, 2.45) is 11.1 Å². The van der Waals surface area contributed by atoms with E-state index in [1.807, 2.05) is 6.92 Å². The fourth-order valence-corrected chi connectivity index (χ4v) is 1.88. The van der Waals surface area contributed by atoms with Crippen LogP contribution in [-0.4, -0.2) is 23.4 Å². The van der Waals surface area contributed by atoms with Crippen molar-refractivity contribution < 1.29 is 14.7 Å². The van der Waals surface area contributed by atoms with Crippen LogP contribution in [0.2, 0.25) is 0 Å². The van der Waals surface area contributed by atoms with E-state index >= 15 is 0 Å².